The number of anilines is 1. The molecule has 1 saturated carbocycles. The van der Waals surface area contributed by atoms with Gasteiger partial charge in [-0.05, 0) is 38.3 Å². The summed E-state index contributed by atoms with van der Waals surface area (Å²) in [5, 5.41) is 3.33. The molecular weight excluding hydrogens is 254 g/mol. The van der Waals surface area contributed by atoms with Crippen molar-refractivity contribution in [2.24, 2.45) is 5.92 Å². The maximum atomic E-state index is 12.3. The molecule has 0 aliphatic heterocycles. The van der Waals surface area contributed by atoms with Crippen molar-refractivity contribution in [2.45, 2.75) is 38.6 Å². The van der Waals surface area contributed by atoms with Gasteiger partial charge in [-0.1, -0.05) is 25.0 Å². The molecule has 4 heteroatoms. The first kappa shape index (κ1) is 14.7. The summed E-state index contributed by atoms with van der Waals surface area (Å²) in [5.41, 5.74) is 0.123. The van der Waals surface area contributed by atoms with Crippen LogP contribution in [0.15, 0.2) is 24.3 Å². The van der Waals surface area contributed by atoms with E-state index < -0.39 is 5.54 Å². The van der Waals surface area contributed by atoms with Crippen LogP contribution in [0, 0.1) is 5.92 Å². The van der Waals surface area contributed by atoms with E-state index in [9.17, 15) is 4.79 Å². The van der Waals surface area contributed by atoms with E-state index in [1.165, 1.54) is 12.8 Å². The van der Waals surface area contributed by atoms with Gasteiger partial charge in [-0.25, -0.2) is 4.79 Å². The van der Waals surface area contributed by atoms with Crippen LogP contribution >= 0.6 is 0 Å². The Bertz CT molecular complexity index is 471. The SMILES string of the molecule is CCOC(=O)C(C)(CC1CC1)Nc1ccccc1OC. The third-order valence-corrected chi connectivity index (χ3v) is 3.64. The summed E-state index contributed by atoms with van der Waals surface area (Å²) in [6.45, 7) is 4.14. The zero-order valence-electron chi connectivity index (χ0n) is 12.4. The first-order valence-electron chi connectivity index (χ1n) is 7.17. The molecule has 0 saturated heterocycles. The predicted molar refractivity (Wildman–Crippen MR) is 79.0 cm³/mol. The molecule has 1 N–H and O–H groups in total. The fraction of sp³-hybridized carbons (Fsp3) is 0.562. The maximum absolute atomic E-state index is 12.3. The monoisotopic (exact) mass is 277 g/mol. The molecule has 0 spiro atoms. The van der Waals surface area contributed by atoms with E-state index in [0.29, 0.717) is 12.5 Å². The van der Waals surface area contributed by atoms with Gasteiger partial charge < -0.3 is 14.8 Å². The number of para-hydroxylation sites is 2. The fourth-order valence-corrected chi connectivity index (χ4v) is 2.42. The standard InChI is InChI=1S/C16H23NO3/c1-4-20-15(18)16(2,11-12-9-10-12)17-13-7-5-6-8-14(13)19-3/h5-8,12,17H,4,9-11H2,1-3H3. The second-order valence-electron chi connectivity index (χ2n) is 5.53. The summed E-state index contributed by atoms with van der Waals surface area (Å²) < 4.78 is 10.6. The largest absolute Gasteiger partial charge is 0.495 e. The number of nitrogens with one attached hydrogen (secondary N) is 1. The van der Waals surface area contributed by atoms with Gasteiger partial charge in [0, 0.05) is 0 Å². The molecule has 0 aromatic heterocycles. The van der Waals surface area contributed by atoms with Crippen LogP contribution in [-0.4, -0.2) is 25.2 Å². The maximum Gasteiger partial charge on any atom is 0.331 e. The quantitative estimate of drug-likeness (QED) is 0.777. The molecule has 1 aromatic carbocycles. The Hall–Kier alpha value is -1.71. The molecule has 0 bridgehead atoms. The molecule has 110 valence electrons. The smallest absolute Gasteiger partial charge is 0.331 e. The lowest BCUT2D eigenvalue weighted by Gasteiger charge is -2.30. The van der Waals surface area contributed by atoms with E-state index in [0.717, 1.165) is 17.9 Å². The van der Waals surface area contributed by atoms with Crippen molar-refractivity contribution in [1.82, 2.24) is 0 Å². The minimum Gasteiger partial charge on any atom is -0.495 e. The summed E-state index contributed by atoms with van der Waals surface area (Å²) in [4.78, 5) is 12.3. The van der Waals surface area contributed by atoms with Crippen LogP contribution in [0.5, 0.6) is 5.75 Å². The summed E-state index contributed by atoms with van der Waals surface area (Å²) in [5.74, 6) is 1.16. The first-order chi connectivity index (χ1) is 9.59. The Labute approximate surface area is 120 Å². The molecule has 0 heterocycles. The lowest BCUT2D eigenvalue weighted by Crippen LogP contribution is -2.45. The molecule has 4 nitrogen and oxygen atoms in total. The molecule has 1 fully saturated rings. The van der Waals surface area contributed by atoms with Gasteiger partial charge in [-0.15, -0.1) is 0 Å². The van der Waals surface area contributed by atoms with Crippen molar-refractivity contribution in [2.75, 3.05) is 19.0 Å². The number of ether oxygens (including phenoxy) is 2. The summed E-state index contributed by atoms with van der Waals surface area (Å²) in [6.07, 6.45) is 3.19. The lowest BCUT2D eigenvalue weighted by atomic mass is 9.94. The van der Waals surface area contributed by atoms with E-state index in [1.807, 2.05) is 38.1 Å². The van der Waals surface area contributed by atoms with Gasteiger partial charge in [-0.3, -0.25) is 0 Å². The number of carbonyl (C=O) groups excluding carboxylic acids is 1. The van der Waals surface area contributed by atoms with Crippen LogP contribution in [0.2, 0.25) is 0 Å². The number of carbonyl (C=O) groups is 1. The Morgan fingerprint density at radius 2 is 2.10 bits per heavy atom. The highest BCUT2D eigenvalue weighted by Gasteiger charge is 2.40. The topological polar surface area (TPSA) is 47.6 Å². The van der Waals surface area contributed by atoms with E-state index in [1.54, 1.807) is 7.11 Å². The van der Waals surface area contributed by atoms with Gasteiger partial charge in [0.2, 0.25) is 0 Å². The van der Waals surface area contributed by atoms with Crippen LogP contribution in [0.25, 0.3) is 0 Å². The minimum atomic E-state index is -0.703. The first-order valence-corrected chi connectivity index (χ1v) is 7.17. The average molecular weight is 277 g/mol. The number of hydrogen-bond donors (Lipinski definition) is 1. The highest BCUT2D eigenvalue weighted by molar-refractivity contribution is 5.84. The number of esters is 1. The lowest BCUT2D eigenvalue weighted by molar-refractivity contribution is -0.148. The van der Waals surface area contributed by atoms with Crippen LogP contribution in [0.4, 0.5) is 5.69 Å². The van der Waals surface area contributed by atoms with Crippen LogP contribution in [0.1, 0.15) is 33.1 Å². The average Bonchev–Trinajstić information content (AvgIpc) is 3.23. The van der Waals surface area contributed by atoms with E-state index >= 15 is 0 Å². The van der Waals surface area contributed by atoms with Crippen molar-refractivity contribution in [3.8, 4) is 5.75 Å². The van der Waals surface area contributed by atoms with Crippen molar-refractivity contribution < 1.29 is 14.3 Å². The summed E-state index contributed by atoms with van der Waals surface area (Å²) >= 11 is 0. The van der Waals surface area contributed by atoms with E-state index in [-0.39, 0.29) is 5.97 Å². The number of rotatable bonds is 7. The zero-order chi connectivity index (χ0) is 14.6. The molecule has 2 rings (SSSR count). The minimum absolute atomic E-state index is 0.196. The highest BCUT2D eigenvalue weighted by atomic mass is 16.5. The number of benzene rings is 1. The summed E-state index contributed by atoms with van der Waals surface area (Å²) in [7, 11) is 1.63. The molecule has 0 radical (unpaired) electrons. The molecule has 1 aromatic rings. The van der Waals surface area contributed by atoms with E-state index in [2.05, 4.69) is 5.32 Å². The normalized spacial score (nSPS) is 17.1. The molecule has 20 heavy (non-hydrogen) atoms. The fourth-order valence-electron chi connectivity index (χ4n) is 2.42. The molecule has 1 unspecified atom stereocenters. The van der Waals surface area contributed by atoms with Crippen molar-refractivity contribution in [3.05, 3.63) is 24.3 Å². The Balaban J connectivity index is 2.19. The molecule has 0 amide bonds. The Kier molecular flexibility index (Phi) is 4.53. The van der Waals surface area contributed by atoms with Crippen LogP contribution in [-0.2, 0) is 9.53 Å². The number of hydrogen-bond acceptors (Lipinski definition) is 4. The second-order valence-corrected chi connectivity index (χ2v) is 5.53. The van der Waals surface area contributed by atoms with Crippen molar-refractivity contribution >= 4 is 11.7 Å². The molecule has 1 aliphatic carbocycles. The van der Waals surface area contributed by atoms with Crippen LogP contribution < -0.4 is 10.1 Å². The summed E-state index contributed by atoms with van der Waals surface area (Å²) in [6, 6.07) is 7.63. The molecule has 1 atom stereocenters. The Morgan fingerprint density at radius 1 is 1.40 bits per heavy atom. The molecule has 1 aliphatic rings. The van der Waals surface area contributed by atoms with Gasteiger partial charge >= 0.3 is 5.97 Å². The zero-order valence-corrected chi connectivity index (χ0v) is 12.4. The van der Waals surface area contributed by atoms with Crippen molar-refractivity contribution in [1.29, 1.82) is 0 Å². The van der Waals surface area contributed by atoms with Gasteiger partial charge in [0.1, 0.15) is 11.3 Å². The third-order valence-electron chi connectivity index (χ3n) is 3.64. The van der Waals surface area contributed by atoms with Gasteiger partial charge in [-0.2, -0.15) is 0 Å². The Morgan fingerprint density at radius 3 is 2.70 bits per heavy atom. The van der Waals surface area contributed by atoms with Gasteiger partial charge in [0.05, 0.1) is 19.4 Å². The highest BCUT2D eigenvalue weighted by Crippen LogP contribution is 2.39. The third kappa shape index (κ3) is 3.44. The number of methoxy groups -OCH3 is 1. The van der Waals surface area contributed by atoms with E-state index in [4.69, 9.17) is 9.47 Å². The van der Waals surface area contributed by atoms with Crippen molar-refractivity contribution in [3.63, 3.8) is 0 Å². The van der Waals surface area contributed by atoms with Gasteiger partial charge in [0.15, 0.2) is 0 Å². The molecular formula is C16H23NO3. The van der Waals surface area contributed by atoms with Gasteiger partial charge in [0.25, 0.3) is 0 Å². The predicted octanol–water partition coefficient (Wildman–Crippen LogP) is 3.23. The van der Waals surface area contributed by atoms with Crippen LogP contribution in [0.3, 0.4) is 0 Å². The second kappa shape index (κ2) is 6.16.